The maximum atomic E-state index is 11.5. The van der Waals surface area contributed by atoms with Gasteiger partial charge in [0.25, 0.3) is 0 Å². The maximum Gasteiger partial charge on any atom is 0.0445 e. The summed E-state index contributed by atoms with van der Waals surface area (Å²) in [5.41, 5.74) is 1.31. The number of nitrogens with one attached hydrogen (secondary N) is 1. The highest BCUT2D eigenvalue weighted by Gasteiger charge is 2.18. The Morgan fingerprint density at radius 2 is 2.50 bits per heavy atom. The summed E-state index contributed by atoms with van der Waals surface area (Å²) in [4.78, 5) is 1.33. The van der Waals surface area contributed by atoms with E-state index < -0.39 is 10.8 Å². The molecule has 1 aliphatic rings. The topological polar surface area (TPSA) is 29.1 Å². The molecule has 0 saturated carbocycles. The van der Waals surface area contributed by atoms with Gasteiger partial charge in [0, 0.05) is 33.2 Å². The number of aryl methyl sites for hydroxylation is 1. The molecule has 2 atom stereocenters. The zero-order valence-electron chi connectivity index (χ0n) is 8.29. The minimum Gasteiger partial charge on any atom is -0.309 e. The Hall–Kier alpha value is -0.190. The van der Waals surface area contributed by atoms with E-state index in [0.29, 0.717) is 6.04 Å². The van der Waals surface area contributed by atoms with E-state index in [0.717, 1.165) is 24.5 Å². The van der Waals surface area contributed by atoms with Gasteiger partial charge in [-0.15, -0.1) is 11.3 Å². The number of hydrogen-bond acceptors (Lipinski definition) is 3. The Bertz CT molecular complexity index is 335. The van der Waals surface area contributed by atoms with Crippen molar-refractivity contribution in [1.82, 2.24) is 5.32 Å². The molecule has 2 unspecified atom stereocenters. The van der Waals surface area contributed by atoms with Crippen molar-refractivity contribution < 1.29 is 4.21 Å². The zero-order chi connectivity index (χ0) is 9.97. The van der Waals surface area contributed by atoms with Crippen molar-refractivity contribution in [2.45, 2.75) is 19.4 Å². The average molecular weight is 229 g/mol. The largest absolute Gasteiger partial charge is 0.309 e. The van der Waals surface area contributed by atoms with Crippen LogP contribution in [-0.2, 0) is 10.8 Å². The van der Waals surface area contributed by atoms with Crippen molar-refractivity contribution in [2.75, 3.05) is 18.1 Å². The van der Waals surface area contributed by atoms with Crippen molar-refractivity contribution >= 4 is 22.1 Å². The Labute approximate surface area is 91.2 Å². The van der Waals surface area contributed by atoms with Crippen molar-refractivity contribution in [3.63, 3.8) is 0 Å². The van der Waals surface area contributed by atoms with Gasteiger partial charge in [0.1, 0.15) is 0 Å². The van der Waals surface area contributed by atoms with Gasteiger partial charge < -0.3 is 5.32 Å². The summed E-state index contributed by atoms with van der Waals surface area (Å²) in [7, 11) is -0.637. The SMILES string of the molecule is Cc1cc(C2CS(=O)CCCN2)cs1. The fraction of sp³-hybridized carbons (Fsp3) is 0.600. The Balaban J connectivity index is 2.12. The number of thiophene rings is 1. The smallest absolute Gasteiger partial charge is 0.0445 e. The lowest BCUT2D eigenvalue weighted by Gasteiger charge is -2.12. The molecule has 2 nitrogen and oxygen atoms in total. The van der Waals surface area contributed by atoms with Gasteiger partial charge in [-0.1, -0.05) is 0 Å². The summed E-state index contributed by atoms with van der Waals surface area (Å²) in [6.07, 6.45) is 1.03. The fourth-order valence-electron chi connectivity index (χ4n) is 1.70. The van der Waals surface area contributed by atoms with E-state index in [-0.39, 0.29) is 0 Å². The van der Waals surface area contributed by atoms with E-state index in [4.69, 9.17) is 0 Å². The van der Waals surface area contributed by atoms with Crippen LogP contribution in [0.5, 0.6) is 0 Å². The molecule has 1 aromatic heterocycles. The molecule has 1 saturated heterocycles. The molecule has 0 amide bonds. The highest BCUT2D eigenvalue weighted by molar-refractivity contribution is 7.85. The van der Waals surface area contributed by atoms with Crippen LogP contribution in [0.15, 0.2) is 11.4 Å². The first-order chi connectivity index (χ1) is 6.75. The Kier molecular flexibility index (Phi) is 3.36. The first kappa shape index (κ1) is 10.3. The van der Waals surface area contributed by atoms with Crippen LogP contribution in [0.3, 0.4) is 0 Å². The third kappa shape index (κ3) is 2.43. The first-order valence-electron chi connectivity index (χ1n) is 4.89. The van der Waals surface area contributed by atoms with Crippen LogP contribution in [-0.4, -0.2) is 22.3 Å². The standard InChI is InChI=1S/C10H15NOS2/c1-8-5-9(6-13-8)10-7-14(12)4-2-3-11-10/h5-6,10-11H,2-4,7H2,1H3. The van der Waals surface area contributed by atoms with Gasteiger partial charge in [0.15, 0.2) is 0 Å². The van der Waals surface area contributed by atoms with Gasteiger partial charge in [0.05, 0.1) is 0 Å². The third-order valence-electron chi connectivity index (χ3n) is 2.45. The first-order valence-corrected chi connectivity index (χ1v) is 7.26. The summed E-state index contributed by atoms with van der Waals surface area (Å²) in [6, 6.07) is 2.51. The van der Waals surface area contributed by atoms with E-state index in [9.17, 15) is 4.21 Å². The molecule has 1 N–H and O–H groups in total. The van der Waals surface area contributed by atoms with Gasteiger partial charge in [-0.3, -0.25) is 4.21 Å². The van der Waals surface area contributed by atoms with Gasteiger partial charge in [-0.2, -0.15) is 0 Å². The van der Waals surface area contributed by atoms with E-state index in [2.05, 4.69) is 23.7 Å². The Morgan fingerprint density at radius 3 is 3.21 bits per heavy atom. The molecule has 14 heavy (non-hydrogen) atoms. The molecule has 1 aliphatic heterocycles. The molecule has 2 rings (SSSR count). The lowest BCUT2D eigenvalue weighted by atomic mass is 10.1. The number of hydrogen-bond donors (Lipinski definition) is 1. The van der Waals surface area contributed by atoms with Crippen LogP contribution in [0.25, 0.3) is 0 Å². The molecule has 78 valence electrons. The van der Waals surface area contributed by atoms with E-state index in [1.807, 2.05) is 0 Å². The summed E-state index contributed by atoms with van der Waals surface area (Å²) in [5, 5.41) is 5.63. The van der Waals surface area contributed by atoms with E-state index in [1.165, 1.54) is 10.4 Å². The second kappa shape index (κ2) is 4.55. The predicted molar refractivity (Wildman–Crippen MR) is 62.3 cm³/mol. The highest BCUT2D eigenvalue weighted by Crippen LogP contribution is 2.22. The summed E-state index contributed by atoms with van der Waals surface area (Å²) in [5.74, 6) is 1.63. The molecule has 0 aromatic carbocycles. The molecule has 0 spiro atoms. The van der Waals surface area contributed by atoms with Gasteiger partial charge in [-0.05, 0) is 36.9 Å². The second-order valence-corrected chi connectivity index (χ2v) is 6.40. The molecule has 0 aliphatic carbocycles. The minimum atomic E-state index is -0.637. The van der Waals surface area contributed by atoms with Crippen molar-refractivity contribution in [1.29, 1.82) is 0 Å². The lowest BCUT2D eigenvalue weighted by molar-refractivity contribution is 0.588. The molecule has 1 aromatic rings. The van der Waals surface area contributed by atoms with Crippen LogP contribution >= 0.6 is 11.3 Å². The molecule has 0 radical (unpaired) electrons. The summed E-state index contributed by atoms with van der Waals surface area (Å²) in [6.45, 7) is 3.10. The average Bonchev–Trinajstić information content (AvgIpc) is 2.45. The van der Waals surface area contributed by atoms with Gasteiger partial charge >= 0.3 is 0 Å². The summed E-state index contributed by atoms with van der Waals surface area (Å²) < 4.78 is 11.5. The van der Waals surface area contributed by atoms with Crippen molar-refractivity contribution in [3.8, 4) is 0 Å². The van der Waals surface area contributed by atoms with Crippen molar-refractivity contribution in [3.05, 3.63) is 21.9 Å². The second-order valence-electron chi connectivity index (χ2n) is 3.66. The molecular formula is C10H15NOS2. The normalized spacial score (nSPS) is 28.6. The molecule has 4 heteroatoms. The minimum absolute atomic E-state index is 0.309. The highest BCUT2D eigenvalue weighted by atomic mass is 32.2. The molecule has 1 fully saturated rings. The summed E-state index contributed by atoms with van der Waals surface area (Å²) >= 11 is 1.77. The fourth-order valence-corrected chi connectivity index (χ4v) is 3.77. The van der Waals surface area contributed by atoms with E-state index in [1.54, 1.807) is 11.3 Å². The van der Waals surface area contributed by atoms with E-state index >= 15 is 0 Å². The van der Waals surface area contributed by atoms with Crippen LogP contribution in [0.2, 0.25) is 0 Å². The third-order valence-corrected chi connectivity index (χ3v) is 4.77. The Morgan fingerprint density at radius 1 is 1.64 bits per heavy atom. The molecule has 2 heterocycles. The van der Waals surface area contributed by atoms with Crippen LogP contribution in [0, 0.1) is 6.92 Å². The van der Waals surface area contributed by atoms with Gasteiger partial charge in [-0.25, -0.2) is 0 Å². The maximum absolute atomic E-state index is 11.5. The quantitative estimate of drug-likeness (QED) is 0.796. The van der Waals surface area contributed by atoms with Crippen LogP contribution in [0.4, 0.5) is 0 Å². The van der Waals surface area contributed by atoms with Crippen molar-refractivity contribution in [2.24, 2.45) is 0 Å². The number of rotatable bonds is 1. The van der Waals surface area contributed by atoms with Crippen LogP contribution < -0.4 is 5.32 Å². The molecular weight excluding hydrogens is 214 g/mol. The van der Waals surface area contributed by atoms with Crippen LogP contribution in [0.1, 0.15) is 22.9 Å². The lowest BCUT2D eigenvalue weighted by Crippen LogP contribution is -2.23. The monoisotopic (exact) mass is 229 g/mol. The predicted octanol–water partition coefficient (Wildman–Crippen LogP) is 1.84. The van der Waals surface area contributed by atoms with Gasteiger partial charge in [0.2, 0.25) is 0 Å². The molecule has 0 bridgehead atoms. The zero-order valence-corrected chi connectivity index (χ0v) is 9.92.